The maximum absolute atomic E-state index is 13.1. The fourth-order valence-corrected chi connectivity index (χ4v) is 3.67. The number of carbonyl (C=O) groups excluding carboxylic acids is 1. The molecule has 4 rings (SSSR count). The van der Waals surface area contributed by atoms with Gasteiger partial charge in [-0.2, -0.15) is 13.2 Å². The summed E-state index contributed by atoms with van der Waals surface area (Å²) in [6.07, 6.45) is -3.17. The number of halogens is 3. The van der Waals surface area contributed by atoms with Crippen LogP contribution in [-0.4, -0.2) is 46.9 Å². The van der Waals surface area contributed by atoms with Gasteiger partial charge >= 0.3 is 6.18 Å². The number of aromatic nitrogens is 1. The number of alkyl halides is 3. The minimum Gasteiger partial charge on any atom is -0.438 e. The molecule has 0 bridgehead atoms. The highest BCUT2D eigenvalue weighted by molar-refractivity contribution is 5.96. The summed E-state index contributed by atoms with van der Waals surface area (Å²) in [6.45, 7) is 0.869. The molecule has 2 aromatic carbocycles. The Morgan fingerprint density at radius 1 is 1.00 bits per heavy atom. The molecule has 0 N–H and O–H groups in total. The molecule has 0 saturated carbocycles. The van der Waals surface area contributed by atoms with E-state index in [9.17, 15) is 28.1 Å². The van der Waals surface area contributed by atoms with Gasteiger partial charge in [-0.3, -0.25) is 14.9 Å². The number of carbonyl (C=O) groups is 1. The summed E-state index contributed by atoms with van der Waals surface area (Å²) in [7, 11) is 0. The van der Waals surface area contributed by atoms with Crippen molar-refractivity contribution in [1.82, 2.24) is 9.88 Å². The molecule has 1 aromatic heterocycles. The van der Waals surface area contributed by atoms with E-state index in [0.717, 1.165) is 12.1 Å². The normalized spacial score (nSPS) is 14.1. The summed E-state index contributed by atoms with van der Waals surface area (Å²) in [5.74, 6) is 0.356. The molecule has 0 spiro atoms. The highest BCUT2D eigenvalue weighted by Crippen LogP contribution is 2.37. The maximum atomic E-state index is 13.1. The molecule has 0 aliphatic carbocycles. The van der Waals surface area contributed by atoms with Crippen LogP contribution in [0.2, 0.25) is 0 Å². The predicted octanol–water partition coefficient (Wildman–Crippen LogP) is 4.76. The fraction of sp³-hybridized carbons (Fsp3) is 0.217. The highest BCUT2D eigenvalue weighted by Gasteiger charge is 2.34. The third-order valence-electron chi connectivity index (χ3n) is 5.37. The van der Waals surface area contributed by atoms with Crippen LogP contribution in [0.1, 0.15) is 15.9 Å². The lowest BCUT2D eigenvalue weighted by atomic mass is 10.1. The van der Waals surface area contributed by atoms with E-state index in [2.05, 4.69) is 4.98 Å². The van der Waals surface area contributed by atoms with Crippen LogP contribution in [0.5, 0.6) is 11.6 Å². The van der Waals surface area contributed by atoms with E-state index in [1.807, 2.05) is 6.07 Å². The molecule has 3 aromatic rings. The van der Waals surface area contributed by atoms with Crippen LogP contribution in [0.15, 0.2) is 66.9 Å². The molecule has 11 heteroatoms. The molecule has 1 amide bonds. The topological polar surface area (TPSA) is 88.8 Å². The quantitative estimate of drug-likeness (QED) is 0.393. The van der Waals surface area contributed by atoms with Crippen molar-refractivity contribution in [2.75, 3.05) is 31.1 Å². The fourth-order valence-electron chi connectivity index (χ4n) is 3.67. The molecular formula is C23H19F3N4O4. The Morgan fingerprint density at radius 2 is 1.71 bits per heavy atom. The molecule has 0 atom stereocenters. The lowest BCUT2D eigenvalue weighted by Gasteiger charge is -2.36. The Bertz CT molecular complexity index is 1200. The van der Waals surface area contributed by atoms with Crippen LogP contribution in [-0.2, 0) is 6.18 Å². The molecule has 0 radical (unpaired) electrons. The highest BCUT2D eigenvalue weighted by atomic mass is 19.4. The van der Waals surface area contributed by atoms with Gasteiger partial charge in [0.05, 0.1) is 10.5 Å². The summed E-state index contributed by atoms with van der Waals surface area (Å²) in [5, 5.41) is 11.4. The SMILES string of the molecule is O=C(c1cccnc1Oc1ccccc1)N1CCN(c2ccc(C(F)(F)F)cc2[N+](=O)[O-])CC1. The predicted molar refractivity (Wildman–Crippen MR) is 117 cm³/mol. The number of anilines is 1. The molecule has 1 aliphatic rings. The summed E-state index contributed by atoms with van der Waals surface area (Å²) in [4.78, 5) is 31.0. The average molecular weight is 472 g/mol. The zero-order valence-electron chi connectivity index (χ0n) is 17.7. The van der Waals surface area contributed by atoms with E-state index in [1.165, 1.54) is 6.20 Å². The van der Waals surface area contributed by atoms with E-state index in [0.29, 0.717) is 11.8 Å². The first-order chi connectivity index (χ1) is 16.2. The van der Waals surface area contributed by atoms with Crippen molar-refractivity contribution in [3.63, 3.8) is 0 Å². The van der Waals surface area contributed by atoms with Gasteiger partial charge in [-0.15, -0.1) is 0 Å². The minimum atomic E-state index is -4.68. The zero-order valence-corrected chi connectivity index (χ0v) is 17.7. The van der Waals surface area contributed by atoms with E-state index in [4.69, 9.17) is 4.74 Å². The molecule has 1 fully saturated rings. The van der Waals surface area contributed by atoms with Crippen LogP contribution in [0.4, 0.5) is 24.5 Å². The third kappa shape index (κ3) is 4.92. The van der Waals surface area contributed by atoms with E-state index < -0.39 is 22.4 Å². The first-order valence-electron chi connectivity index (χ1n) is 10.3. The van der Waals surface area contributed by atoms with Crippen LogP contribution in [0.25, 0.3) is 0 Å². The van der Waals surface area contributed by atoms with Gasteiger partial charge in [0.15, 0.2) is 0 Å². The smallest absolute Gasteiger partial charge is 0.416 e. The van der Waals surface area contributed by atoms with Gasteiger partial charge in [0.25, 0.3) is 11.6 Å². The summed E-state index contributed by atoms with van der Waals surface area (Å²) >= 11 is 0. The number of amides is 1. The molecular weight excluding hydrogens is 453 g/mol. The lowest BCUT2D eigenvalue weighted by Crippen LogP contribution is -2.49. The van der Waals surface area contributed by atoms with Crippen molar-refractivity contribution < 1.29 is 27.6 Å². The second-order valence-corrected chi connectivity index (χ2v) is 7.51. The number of piperazine rings is 1. The molecule has 1 aliphatic heterocycles. The Morgan fingerprint density at radius 3 is 2.35 bits per heavy atom. The number of benzene rings is 2. The van der Waals surface area contributed by atoms with Crippen molar-refractivity contribution in [3.8, 4) is 11.6 Å². The molecule has 1 saturated heterocycles. The molecule has 34 heavy (non-hydrogen) atoms. The van der Waals surface area contributed by atoms with E-state index >= 15 is 0 Å². The standard InChI is InChI=1S/C23H19F3N4O4/c24-23(25,26)16-8-9-19(20(15-16)30(32)33)28-11-13-29(14-12-28)22(31)18-7-4-10-27-21(18)34-17-5-2-1-3-6-17/h1-10,15H,11-14H2. The lowest BCUT2D eigenvalue weighted by molar-refractivity contribution is -0.384. The number of nitrogens with zero attached hydrogens (tertiary/aromatic N) is 4. The van der Waals surface area contributed by atoms with Gasteiger partial charge < -0.3 is 14.5 Å². The number of nitro benzene ring substituents is 1. The molecule has 8 nitrogen and oxygen atoms in total. The Kier molecular flexibility index (Phi) is 6.35. The van der Waals surface area contributed by atoms with E-state index in [-0.39, 0.29) is 49.2 Å². The summed E-state index contributed by atoms with van der Waals surface area (Å²) in [6, 6.07) is 14.6. The van der Waals surface area contributed by atoms with Crippen LogP contribution in [0.3, 0.4) is 0 Å². The Hall–Kier alpha value is -4.15. The summed E-state index contributed by atoms with van der Waals surface area (Å²) < 4.78 is 44.7. The molecule has 176 valence electrons. The number of nitro groups is 1. The number of hydrogen-bond donors (Lipinski definition) is 0. The Labute approximate surface area is 192 Å². The number of para-hydroxylation sites is 1. The second kappa shape index (κ2) is 9.38. The Balaban J connectivity index is 1.49. The summed E-state index contributed by atoms with van der Waals surface area (Å²) in [5.41, 5.74) is -1.36. The van der Waals surface area contributed by atoms with Crippen molar-refractivity contribution >= 4 is 17.3 Å². The van der Waals surface area contributed by atoms with Gasteiger partial charge in [0, 0.05) is 38.4 Å². The van der Waals surface area contributed by atoms with Crippen LogP contribution < -0.4 is 9.64 Å². The second-order valence-electron chi connectivity index (χ2n) is 7.51. The van der Waals surface area contributed by atoms with E-state index in [1.54, 1.807) is 46.2 Å². The first-order valence-corrected chi connectivity index (χ1v) is 10.3. The molecule has 0 unspecified atom stereocenters. The van der Waals surface area contributed by atoms with Crippen molar-refractivity contribution in [1.29, 1.82) is 0 Å². The van der Waals surface area contributed by atoms with Crippen molar-refractivity contribution in [2.45, 2.75) is 6.18 Å². The van der Waals surface area contributed by atoms with Crippen molar-refractivity contribution in [2.24, 2.45) is 0 Å². The largest absolute Gasteiger partial charge is 0.438 e. The van der Waals surface area contributed by atoms with Gasteiger partial charge in [-0.1, -0.05) is 18.2 Å². The van der Waals surface area contributed by atoms with Gasteiger partial charge in [-0.25, -0.2) is 4.98 Å². The number of ether oxygens (including phenoxy) is 1. The maximum Gasteiger partial charge on any atom is 0.416 e. The number of hydrogen-bond acceptors (Lipinski definition) is 6. The van der Waals surface area contributed by atoms with Crippen molar-refractivity contribution in [3.05, 3.63) is 88.1 Å². The monoisotopic (exact) mass is 472 g/mol. The van der Waals surface area contributed by atoms with Gasteiger partial charge in [0.1, 0.15) is 17.0 Å². The number of rotatable bonds is 5. The van der Waals surface area contributed by atoms with Gasteiger partial charge in [0.2, 0.25) is 5.88 Å². The minimum absolute atomic E-state index is 0.0829. The van der Waals surface area contributed by atoms with Crippen LogP contribution in [0, 0.1) is 10.1 Å². The zero-order chi connectivity index (χ0) is 24.3. The average Bonchev–Trinajstić information content (AvgIpc) is 2.84. The first kappa shape index (κ1) is 23.0. The number of pyridine rings is 1. The molecule has 2 heterocycles. The third-order valence-corrected chi connectivity index (χ3v) is 5.37. The van der Waals surface area contributed by atoms with Gasteiger partial charge in [-0.05, 0) is 36.4 Å². The van der Waals surface area contributed by atoms with Crippen LogP contribution >= 0.6 is 0 Å².